The van der Waals surface area contributed by atoms with Crippen LogP contribution in [0.25, 0.3) is 16.9 Å². The molecule has 4 N–H and O–H groups in total. The van der Waals surface area contributed by atoms with E-state index in [-0.39, 0.29) is 45.2 Å². The molecule has 42 heavy (non-hydrogen) atoms. The number of nitrogens with zero attached hydrogens (tertiary/aromatic N) is 6. The molecule has 0 aliphatic carbocycles. The van der Waals surface area contributed by atoms with Crippen LogP contribution in [-0.4, -0.2) is 81.1 Å². The number of aromatic nitrogens is 5. The third-order valence-corrected chi connectivity index (χ3v) is 8.36. The van der Waals surface area contributed by atoms with E-state index in [1.165, 1.54) is 29.0 Å². The predicted octanol–water partition coefficient (Wildman–Crippen LogP) is 3.60. The number of nitrogens with one attached hydrogen (secondary N) is 1. The third kappa shape index (κ3) is 6.91. The fraction of sp³-hybridized carbons (Fsp3) is 0.423. The molecular formula is C26H31ClF2N8O4S. The van der Waals surface area contributed by atoms with Gasteiger partial charge in [0.15, 0.2) is 17.7 Å². The van der Waals surface area contributed by atoms with Crippen LogP contribution < -0.4 is 15.8 Å². The van der Waals surface area contributed by atoms with Crippen molar-refractivity contribution in [2.24, 2.45) is 0 Å². The Balaban J connectivity index is 1.44. The Bertz CT molecular complexity index is 1660. The molecule has 5 rings (SSSR count). The molecule has 0 saturated carbocycles. The normalized spacial score (nSPS) is 15.9. The fourth-order valence-corrected chi connectivity index (χ4v) is 5.96. The van der Waals surface area contributed by atoms with Crippen molar-refractivity contribution in [1.29, 1.82) is 0 Å². The van der Waals surface area contributed by atoms with Crippen molar-refractivity contribution in [3.63, 3.8) is 0 Å². The first kappa shape index (κ1) is 29.9. The molecule has 0 bridgehead atoms. The van der Waals surface area contributed by atoms with Gasteiger partial charge in [0.1, 0.15) is 21.3 Å². The van der Waals surface area contributed by atoms with E-state index in [9.17, 15) is 22.3 Å². The number of nitrogens with two attached hydrogens (primary N) is 1. The molecule has 1 aliphatic rings. The summed E-state index contributed by atoms with van der Waals surface area (Å²) in [6.45, 7) is -0.937. The highest BCUT2D eigenvalue weighted by Gasteiger charge is 2.27. The van der Waals surface area contributed by atoms with Crippen LogP contribution in [0.5, 0.6) is 5.75 Å². The van der Waals surface area contributed by atoms with Gasteiger partial charge in [-0.1, -0.05) is 11.6 Å². The Labute approximate surface area is 246 Å². The number of ether oxygens (including phenoxy) is 1. The summed E-state index contributed by atoms with van der Waals surface area (Å²) in [5, 5.41) is 23.4. The first-order chi connectivity index (χ1) is 20.0. The molecule has 4 aromatic rings. The molecule has 1 unspecified atom stereocenters. The molecular weight excluding hydrogens is 594 g/mol. The Hall–Kier alpha value is -3.53. The van der Waals surface area contributed by atoms with Gasteiger partial charge < -0.3 is 25.8 Å². The van der Waals surface area contributed by atoms with Gasteiger partial charge in [-0.05, 0) is 50.1 Å². The number of benzene rings is 1. The van der Waals surface area contributed by atoms with Crippen LogP contribution in [-0.2, 0) is 9.84 Å². The number of rotatable bonds is 11. The molecule has 16 heteroatoms. The number of aliphatic hydroxyl groups excluding tert-OH is 1. The largest absolute Gasteiger partial charge is 0.434 e. The number of sulfone groups is 1. The molecule has 12 nitrogen and oxygen atoms in total. The Morgan fingerprint density at radius 2 is 2.02 bits per heavy atom. The first-order valence-corrected chi connectivity index (χ1v) is 15.7. The summed E-state index contributed by atoms with van der Waals surface area (Å²) in [7, 11) is -3.01. The third-order valence-electron chi connectivity index (χ3n) is 7.09. The number of nitrogen functional groups attached to an aromatic ring is 1. The van der Waals surface area contributed by atoms with Gasteiger partial charge in [0.05, 0.1) is 23.0 Å². The van der Waals surface area contributed by atoms with Crippen LogP contribution in [0.3, 0.4) is 0 Å². The lowest BCUT2D eigenvalue weighted by Crippen LogP contribution is -2.36. The summed E-state index contributed by atoms with van der Waals surface area (Å²) in [6.07, 6.45) is 6.76. The maximum absolute atomic E-state index is 13.3. The van der Waals surface area contributed by atoms with Crippen molar-refractivity contribution < 1.29 is 27.0 Å². The first-order valence-electron chi connectivity index (χ1n) is 13.3. The minimum Gasteiger partial charge on any atom is -0.434 e. The van der Waals surface area contributed by atoms with Gasteiger partial charge in [0.2, 0.25) is 0 Å². The number of anilines is 2. The van der Waals surface area contributed by atoms with Crippen LogP contribution in [0.15, 0.2) is 42.9 Å². The highest BCUT2D eigenvalue weighted by atomic mass is 35.5. The van der Waals surface area contributed by atoms with Crippen molar-refractivity contribution in [2.45, 2.75) is 38.1 Å². The van der Waals surface area contributed by atoms with Crippen molar-refractivity contribution in [2.75, 3.05) is 42.7 Å². The lowest BCUT2D eigenvalue weighted by atomic mass is 10.1. The van der Waals surface area contributed by atoms with Crippen LogP contribution in [0, 0.1) is 0 Å². The maximum atomic E-state index is 13.3. The molecule has 1 atom stereocenters. The Morgan fingerprint density at radius 3 is 2.74 bits per heavy atom. The average molecular weight is 625 g/mol. The van der Waals surface area contributed by atoms with Crippen LogP contribution in [0.1, 0.15) is 37.1 Å². The second kappa shape index (κ2) is 12.4. The van der Waals surface area contributed by atoms with E-state index >= 15 is 0 Å². The number of piperidine rings is 1. The van der Waals surface area contributed by atoms with E-state index in [1.54, 1.807) is 29.3 Å². The van der Waals surface area contributed by atoms with Crippen molar-refractivity contribution in [1.82, 2.24) is 29.3 Å². The fourth-order valence-electron chi connectivity index (χ4n) is 5.13. The van der Waals surface area contributed by atoms with Crippen molar-refractivity contribution in [3.8, 4) is 17.0 Å². The lowest BCUT2D eigenvalue weighted by Gasteiger charge is -2.32. The zero-order valence-electron chi connectivity index (χ0n) is 22.7. The van der Waals surface area contributed by atoms with Gasteiger partial charge in [-0.2, -0.15) is 13.9 Å². The molecule has 4 heterocycles. The summed E-state index contributed by atoms with van der Waals surface area (Å²) in [5.74, 6) is 0.0766. The van der Waals surface area contributed by atoms with Crippen LogP contribution >= 0.6 is 11.6 Å². The van der Waals surface area contributed by atoms with Gasteiger partial charge in [0, 0.05) is 48.5 Å². The van der Waals surface area contributed by atoms with E-state index in [4.69, 9.17) is 27.2 Å². The average Bonchev–Trinajstić information content (AvgIpc) is 3.49. The highest BCUT2D eigenvalue weighted by molar-refractivity contribution is 7.90. The topological polar surface area (TPSA) is 153 Å². The number of likely N-dealkylation sites (tertiary alicyclic amines) is 1. The number of halogens is 3. The summed E-state index contributed by atoms with van der Waals surface area (Å²) in [4.78, 5) is 6.47. The summed E-state index contributed by atoms with van der Waals surface area (Å²) in [5.41, 5.74) is 7.46. The minimum atomic E-state index is -3.08. The summed E-state index contributed by atoms with van der Waals surface area (Å²) >= 11 is 6.24. The second-order valence-electron chi connectivity index (χ2n) is 10.2. The van der Waals surface area contributed by atoms with Crippen LogP contribution in [0.2, 0.25) is 5.02 Å². The molecule has 0 radical (unpaired) electrons. The number of aliphatic hydroxyl groups is 1. The van der Waals surface area contributed by atoms with E-state index in [1.807, 2.05) is 0 Å². The van der Waals surface area contributed by atoms with E-state index in [2.05, 4.69) is 20.3 Å². The van der Waals surface area contributed by atoms with Gasteiger partial charge in [-0.3, -0.25) is 4.68 Å². The molecule has 0 amide bonds. The molecule has 0 spiro atoms. The Kier molecular flexibility index (Phi) is 8.82. The van der Waals surface area contributed by atoms with E-state index in [0.29, 0.717) is 24.3 Å². The van der Waals surface area contributed by atoms with Gasteiger partial charge >= 0.3 is 6.61 Å². The molecule has 1 aliphatic heterocycles. The summed E-state index contributed by atoms with van der Waals surface area (Å²) in [6, 6.07) is 5.88. The lowest BCUT2D eigenvalue weighted by molar-refractivity contribution is -0.0494. The molecule has 1 fully saturated rings. The smallest absolute Gasteiger partial charge is 0.387 e. The van der Waals surface area contributed by atoms with Crippen LogP contribution in [0.4, 0.5) is 20.3 Å². The SMILES string of the molecule is CS(=O)(=O)CCCN1CCC(n2cc(NC(O)c3c(N)nn4cccnc34)c(-c3cc(Cl)ccc3OC(F)F)n2)CC1. The zero-order chi connectivity index (χ0) is 30.0. The Morgan fingerprint density at radius 1 is 1.26 bits per heavy atom. The quantitative estimate of drug-likeness (QED) is 0.211. The molecule has 226 valence electrons. The zero-order valence-corrected chi connectivity index (χ0v) is 24.3. The molecule has 1 aromatic carbocycles. The standard InChI is InChI=1S/C26H31ClF2N8O4S/c1-42(39,40)13-3-9-35-11-6-17(7-12-35)37-15-19(22(33-37)18-14-16(27)4-5-20(18)41-26(28)29)32-25(38)21-23(30)34-36-10-2-8-31-24(21)36/h2,4-5,8,10,14-15,17,25-26,32,38H,3,6-7,9,11-13H2,1H3,(H2,30,34). The van der Waals surface area contributed by atoms with Crippen molar-refractivity contribution >= 4 is 38.6 Å². The van der Waals surface area contributed by atoms with Gasteiger partial charge in [-0.25, -0.2) is 17.9 Å². The number of hydrogen-bond acceptors (Lipinski definition) is 10. The van der Waals surface area contributed by atoms with E-state index < -0.39 is 22.7 Å². The molecule has 1 saturated heterocycles. The van der Waals surface area contributed by atoms with Crippen molar-refractivity contribution in [3.05, 3.63) is 53.4 Å². The maximum Gasteiger partial charge on any atom is 0.387 e. The van der Waals surface area contributed by atoms with Gasteiger partial charge in [-0.15, -0.1) is 5.10 Å². The van der Waals surface area contributed by atoms with Gasteiger partial charge in [0.25, 0.3) is 0 Å². The monoisotopic (exact) mass is 624 g/mol. The van der Waals surface area contributed by atoms with E-state index in [0.717, 1.165) is 25.9 Å². The number of fused-ring (bicyclic) bond motifs is 1. The molecule has 3 aromatic heterocycles. The summed E-state index contributed by atoms with van der Waals surface area (Å²) < 4.78 is 57.5. The minimum absolute atomic E-state index is 0.0371. The predicted molar refractivity (Wildman–Crippen MR) is 154 cm³/mol. The number of hydrogen-bond donors (Lipinski definition) is 3. The second-order valence-corrected chi connectivity index (χ2v) is 12.9. The highest BCUT2D eigenvalue weighted by Crippen LogP contribution is 2.39. The number of alkyl halides is 2.